The Hall–Kier alpha value is -2.74. The molecule has 0 bridgehead atoms. The average Bonchev–Trinajstić information content (AvgIpc) is 3.33. The van der Waals surface area contributed by atoms with Crippen LogP contribution in [0.5, 0.6) is 0 Å². The first-order valence-electron chi connectivity index (χ1n) is 13.5. The molecule has 5 rings (SSSR count). The van der Waals surface area contributed by atoms with Gasteiger partial charge < -0.3 is 19.3 Å². The molecule has 9 atom stereocenters. The number of hydrogen-bond acceptors (Lipinski definition) is 8. The lowest BCUT2D eigenvalue weighted by atomic mass is 9.38. The standard InChI is InChI=1S/C30H38O8/c1-15(31)36-23-14-21-28(5)11-10-22(33)27(3,4)20(28)13-24(37-16(2)32)30(21,7)19-9-8-18(29(19,23)6)17-12-25(34)38-26(17)35/h9-12,18,20-21,23-25,34H,8,13-14H2,1-7H3. The number of fused-ring (bicyclic) bond motifs is 5. The molecule has 0 saturated heterocycles. The summed E-state index contributed by atoms with van der Waals surface area (Å²) in [5.74, 6) is -1.94. The fourth-order valence-corrected chi connectivity index (χ4v) is 9.06. The number of carbonyl (C=O) groups excluding carboxylic acids is 4. The van der Waals surface area contributed by atoms with Crippen molar-refractivity contribution in [3.05, 3.63) is 35.5 Å². The quantitative estimate of drug-likeness (QED) is 0.335. The molecule has 0 amide bonds. The Labute approximate surface area is 223 Å². The van der Waals surface area contributed by atoms with E-state index in [2.05, 4.69) is 19.9 Å². The van der Waals surface area contributed by atoms with Crippen molar-refractivity contribution in [2.75, 3.05) is 0 Å². The first kappa shape index (κ1) is 26.9. The van der Waals surface area contributed by atoms with Crippen LogP contribution in [0.1, 0.15) is 67.7 Å². The molecule has 0 spiro atoms. The van der Waals surface area contributed by atoms with Gasteiger partial charge in [0.15, 0.2) is 5.78 Å². The highest BCUT2D eigenvalue weighted by Crippen LogP contribution is 2.72. The van der Waals surface area contributed by atoms with Gasteiger partial charge in [0.25, 0.3) is 0 Å². The van der Waals surface area contributed by atoms with E-state index >= 15 is 0 Å². The Bertz CT molecular complexity index is 1210. The van der Waals surface area contributed by atoms with Crippen LogP contribution < -0.4 is 0 Å². The van der Waals surface area contributed by atoms with Gasteiger partial charge in [-0.25, -0.2) is 4.79 Å². The zero-order valence-electron chi connectivity index (χ0n) is 23.2. The van der Waals surface area contributed by atoms with Gasteiger partial charge in [0.1, 0.15) is 12.2 Å². The number of esters is 3. The normalized spacial score (nSPS) is 44.7. The van der Waals surface area contributed by atoms with Crippen molar-refractivity contribution >= 4 is 23.7 Å². The van der Waals surface area contributed by atoms with Gasteiger partial charge in [-0.3, -0.25) is 14.4 Å². The zero-order chi connectivity index (χ0) is 28.0. The molecule has 1 N–H and O–H groups in total. The average molecular weight is 527 g/mol. The number of aliphatic hydroxyl groups is 1. The van der Waals surface area contributed by atoms with E-state index < -0.39 is 58.1 Å². The van der Waals surface area contributed by atoms with Crippen LogP contribution in [-0.2, 0) is 33.4 Å². The van der Waals surface area contributed by atoms with E-state index in [1.54, 1.807) is 6.08 Å². The maximum atomic E-state index is 13.0. The molecule has 8 heteroatoms. The van der Waals surface area contributed by atoms with Crippen molar-refractivity contribution in [2.24, 2.45) is 39.4 Å². The van der Waals surface area contributed by atoms with Crippen LogP contribution in [-0.4, -0.2) is 47.3 Å². The van der Waals surface area contributed by atoms with Crippen LogP contribution >= 0.6 is 0 Å². The topological polar surface area (TPSA) is 116 Å². The van der Waals surface area contributed by atoms with E-state index in [0.717, 1.165) is 5.57 Å². The number of aliphatic hydroxyl groups excluding tert-OH is 1. The van der Waals surface area contributed by atoms with Crippen LogP contribution in [0.3, 0.4) is 0 Å². The van der Waals surface area contributed by atoms with E-state index in [0.29, 0.717) is 24.8 Å². The highest BCUT2D eigenvalue weighted by molar-refractivity contribution is 5.96. The Morgan fingerprint density at radius 3 is 2.08 bits per heavy atom. The fraction of sp³-hybridized carbons (Fsp3) is 0.667. The minimum absolute atomic E-state index is 0.0488. The molecule has 4 aliphatic carbocycles. The summed E-state index contributed by atoms with van der Waals surface area (Å²) in [5.41, 5.74) is -1.19. The molecule has 0 aromatic heterocycles. The molecule has 2 saturated carbocycles. The van der Waals surface area contributed by atoms with Crippen LogP contribution in [0.4, 0.5) is 0 Å². The SMILES string of the molecule is CC(=O)OC1CC2C3(C)C=CC(=O)C(C)(C)C3CC(OC(C)=O)C2(C)C2=CCC(C3=CC(O)OC3=O)C21C. The van der Waals surface area contributed by atoms with Crippen LogP contribution in [0, 0.1) is 39.4 Å². The summed E-state index contributed by atoms with van der Waals surface area (Å²) in [7, 11) is 0. The second-order valence-electron chi connectivity index (χ2n) is 12.9. The number of allylic oxidation sites excluding steroid dienone is 3. The third-order valence-electron chi connectivity index (χ3n) is 10.8. The Morgan fingerprint density at radius 2 is 1.53 bits per heavy atom. The molecular weight excluding hydrogens is 488 g/mol. The van der Waals surface area contributed by atoms with Crippen molar-refractivity contribution < 1.29 is 38.5 Å². The third-order valence-corrected chi connectivity index (χ3v) is 10.8. The molecule has 0 aromatic rings. The van der Waals surface area contributed by atoms with E-state index in [-0.39, 0.29) is 23.5 Å². The molecule has 8 nitrogen and oxygen atoms in total. The lowest BCUT2D eigenvalue weighted by Crippen LogP contribution is -2.67. The van der Waals surface area contributed by atoms with Gasteiger partial charge >= 0.3 is 17.9 Å². The predicted molar refractivity (Wildman–Crippen MR) is 136 cm³/mol. The maximum absolute atomic E-state index is 13.0. The highest BCUT2D eigenvalue weighted by Gasteiger charge is 2.71. The second kappa shape index (κ2) is 8.38. The molecule has 9 unspecified atom stereocenters. The molecule has 1 aliphatic heterocycles. The van der Waals surface area contributed by atoms with Crippen molar-refractivity contribution in [3.8, 4) is 0 Å². The molecule has 5 aliphatic rings. The van der Waals surface area contributed by atoms with Crippen LogP contribution in [0.25, 0.3) is 0 Å². The zero-order valence-corrected chi connectivity index (χ0v) is 23.2. The monoisotopic (exact) mass is 526 g/mol. The molecule has 0 radical (unpaired) electrons. The van der Waals surface area contributed by atoms with Crippen LogP contribution in [0.15, 0.2) is 35.5 Å². The number of hydrogen-bond donors (Lipinski definition) is 1. The first-order valence-corrected chi connectivity index (χ1v) is 13.5. The van der Waals surface area contributed by atoms with Gasteiger partial charge in [-0.2, -0.15) is 0 Å². The number of cyclic esters (lactones) is 1. The lowest BCUT2D eigenvalue weighted by Gasteiger charge is -2.67. The minimum atomic E-state index is -1.31. The number of ketones is 1. The van der Waals surface area contributed by atoms with Crippen LogP contribution in [0.2, 0.25) is 0 Å². The molecule has 1 heterocycles. The summed E-state index contributed by atoms with van der Waals surface area (Å²) >= 11 is 0. The summed E-state index contributed by atoms with van der Waals surface area (Å²) in [5, 5.41) is 10.0. The van der Waals surface area contributed by atoms with Gasteiger partial charge in [0, 0.05) is 41.6 Å². The predicted octanol–water partition coefficient (Wildman–Crippen LogP) is 3.82. The van der Waals surface area contributed by atoms with E-state index in [1.807, 2.05) is 26.8 Å². The van der Waals surface area contributed by atoms with Crippen molar-refractivity contribution in [3.63, 3.8) is 0 Å². The Morgan fingerprint density at radius 1 is 0.947 bits per heavy atom. The Balaban J connectivity index is 1.71. The smallest absolute Gasteiger partial charge is 0.336 e. The highest BCUT2D eigenvalue weighted by atomic mass is 16.6. The number of rotatable bonds is 3. The van der Waals surface area contributed by atoms with Gasteiger partial charge in [0.2, 0.25) is 6.29 Å². The summed E-state index contributed by atoms with van der Waals surface area (Å²) in [4.78, 5) is 50.6. The fourth-order valence-electron chi connectivity index (χ4n) is 9.06. The molecule has 38 heavy (non-hydrogen) atoms. The summed E-state index contributed by atoms with van der Waals surface area (Å²) in [6.45, 7) is 13.0. The number of carbonyl (C=O) groups is 4. The van der Waals surface area contributed by atoms with E-state index in [4.69, 9.17) is 14.2 Å². The molecule has 0 aromatic carbocycles. The number of ether oxygens (including phenoxy) is 3. The third kappa shape index (κ3) is 3.44. The second-order valence-corrected chi connectivity index (χ2v) is 12.9. The summed E-state index contributed by atoms with van der Waals surface area (Å²) in [6, 6.07) is 0. The van der Waals surface area contributed by atoms with Crippen molar-refractivity contribution in [1.29, 1.82) is 0 Å². The first-order chi connectivity index (χ1) is 17.6. The van der Waals surface area contributed by atoms with Gasteiger partial charge in [-0.15, -0.1) is 0 Å². The maximum Gasteiger partial charge on any atom is 0.336 e. The van der Waals surface area contributed by atoms with E-state index in [9.17, 15) is 24.3 Å². The lowest BCUT2D eigenvalue weighted by molar-refractivity contribution is -0.204. The Kier molecular flexibility index (Phi) is 5.92. The van der Waals surface area contributed by atoms with Crippen molar-refractivity contribution in [2.45, 2.75) is 86.2 Å². The van der Waals surface area contributed by atoms with Crippen molar-refractivity contribution in [1.82, 2.24) is 0 Å². The van der Waals surface area contributed by atoms with Gasteiger partial charge in [-0.05, 0) is 48.7 Å². The van der Waals surface area contributed by atoms with E-state index in [1.165, 1.54) is 19.9 Å². The molecular formula is C30H38O8. The molecule has 2 fully saturated rings. The summed E-state index contributed by atoms with van der Waals surface area (Å²) in [6.07, 6.45) is 6.31. The minimum Gasteiger partial charge on any atom is -0.462 e. The largest absolute Gasteiger partial charge is 0.462 e. The van der Waals surface area contributed by atoms with Gasteiger partial charge in [-0.1, -0.05) is 52.3 Å². The summed E-state index contributed by atoms with van der Waals surface area (Å²) < 4.78 is 17.2. The molecule has 206 valence electrons. The van der Waals surface area contributed by atoms with Gasteiger partial charge in [0.05, 0.1) is 0 Å².